The van der Waals surface area contributed by atoms with Crippen molar-refractivity contribution in [1.29, 1.82) is 0 Å². The molecule has 0 spiro atoms. The first-order valence-electron chi connectivity index (χ1n) is 8.18. The van der Waals surface area contributed by atoms with Crippen LogP contribution in [0.1, 0.15) is 24.2 Å². The van der Waals surface area contributed by atoms with Gasteiger partial charge in [0.1, 0.15) is 11.9 Å². The van der Waals surface area contributed by atoms with E-state index in [2.05, 4.69) is 10.6 Å². The molecule has 0 bridgehead atoms. The van der Waals surface area contributed by atoms with Gasteiger partial charge in [0.2, 0.25) is 5.91 Å². The minimum Gasteiger partial charge on any atom is -0.340 e. The molecule has 2 N–H and O–H groups in total. The normalized spacial score (nSPS) is 12.1. The first-order valence-corrected chi connectivity index (χ1v) is 9.06. The maximum atomic E-state index is 13.0. The lowest BCUT2D eigenvalue weighted by Crippen LogP contribution is -2.47. The van der Waals surface area contributed by atoms with Gasteiger partial charge in [-0.05, 0) is 54.4 Å². The molecule has 1 atom stereocenters. The minimum absolute atomic E-state index is 0.205. The molecule has 0 aliphatic carbocycles. The Kier molecular flexibility index (Phi) is 7.29. The zero-order valence-electron chi connectivity index (χ0n) is 14.7. The summed E-state index contributed by atoms with van der Waals surface area (Å²) in [5, 5.41) is 5.29. The van der Waals surface area contributed by atoms with Gasteiger partial charge < -0.3 is 10.6 Å². The van der Waals surface area contributed by atoms with E-state index in [-0.39, 0.29) is 11.5 Å². The summed E-state index contributed by atoms with van der Waals surface area (Å²) in [6.07, 6.45) is 0. The van der Waals surface area contributed by atoms with Crippen LogP contribution in [0.2, 0.25) is 0 Å². The van der Waals surface area contributed by atoms with Crippen LogP contribution >= 0.6 is 11.8 Å². The number of hydrogen-bond acceptors (Lipinski definition) is 3. The van der Waals surface area contributed by atoms with Gasteiger partial charge in [0, 0.05) is 16.1 Å². The van der Waals surface area contributed by atoms with Crippen molar-refractivity contribution < 1.29 is 22.8 Å². The monoisotopic (exact) mass is 396 g/mol. The topological polar surface area (TPSA) is 58.2 Å². The van der Waals surface area contributed by atoms with Crippen LogP contribution in [-0.4, -0.2) is 23.6 Å². The number of halogens is 3. The maximum absolute atomic E-state index is 13.0. The molecule has 2 aromatic rings. The Labute approximate surface area is 159 Å². The lowest BCUT2D eigenvalue weighted by atomic mass is 10.0. The lowest BCUT2D eigenvalue weighted by molar-refractivity contribution is -0.118. The zero-order valence-corrected chi connectivity index (χ0v) is 15.5. The first-order chi connectivity index (χ1) is 12.8. The molecule has 0 radical (unpaired) electrons. The number of amides is 2. The molecule has 1 unspecified atom stereocenters. The van der Waals surface area contributed by atoms with Gasteiger partial charge in [-0.15, -0.1) is 0 Å². The number of rotatable bonds is 7. The van der Waals surface area contributed by atoms with E-state index in [0.29, 0.717) is 22.3 Å². The number of alkyl halides is 2. The van der Waals surface area contributed by atoms with Crippen molar-refractivity contribution in [3.8, 4) is 0 Å². The molecule has 0 fully saturated rings. The Balaban J connectivity index is 2.03. The predicted octanol–water partition coefficient (Wildman–Crippen LogP) is 4.53. The van der Waals surface area contributed by atoms with Crippen LogP contribution in [0.15, 0.2) is 53.4 Å². The SMILES string of the molecule is CC(C)C(NC(=O)c1ccc(F)cc1)C(=O)Nc1ccc(SC(F)F)cc1. The highest BCUT2D eigenvalue weighted by atomic mass is 32.2. The minimum atomic E-state index is -2.52. The first kappa shape index (κ1) is 20.8. The number of nitrogens with one attached hydrogen (secondary N) is 2. The summed E-state index contributed by atoms with van der Waals surface area (Å²) in [7, 11) is 0. The van der Waals surface area contributed by atoms with Gasteiger partial charge in [-0.3, -0.25) is 9.59 Å². The number of carbonyl (C=O) groups excluding carboxylic acids is 2. The summed E-state index contributed by atoms with van der Waals surface area (Å²) in [6.45, 7) is 3.55. The van der Waals surface area contributed by atoms with E-state index in [4.69, 9.17) is 0 Å². The zero-order chi connectivity index (χ0) is 20.0. The fourth-order valence-corrected chi connectivity index (χ4v) is 2.80. The fourth-order valence-electron chi connectivity index (χ4n) is 2.30. The molecular weight excluding hydrogens is 377 g/mol. The summed E-state index contributed by atoms with van der Waals surface area (Å²) < 4.78 is 37.7. The summed E-state index contributed by atoms with van der Waals surface area (Å²) in [4.78, 5) is 25.2. The fraction of sp³-hybridized carbons (Fsp3) is 0.263. The van der Waals surface area contributed by atoms with Gasteiger partial charge in [-0.2, -0.15) is 8.78 Å². The third kappa shape index (κ3) is 6.32. The Morgan fingerprint density at radius 1 is 0.963 bits per heavy atom. The molecule has 144 valence electrons. The van der Waals surface area contributed by atoms with E-state index < -0.39 is 29.4 Å². The molecule has 8 heteroatoms. The van der Waals surface area contributed by atoms with Crippen LogP contribution in [-0.2, 0) is 4.79 Å². The Morgan fingerprint density at radius 3 is 2.07 bits per heavy atom. The second-order valence-electron chi connectivity index (χ2n) is 6.09. The van der Waals surface area contributed by atoms with Crippen LogP contribution in [0.25, 0.3) is 0 Å². The largest absolute Gasteiger partial charge is 0.340 e. The van der Waals surface area contributed by atoms with Crippen molar-refractivity contribution in [2.24, 2.45) is 5.92 Å². The number of carbonyl (C=O) groups is 2. The van der Waals surface area contributed by atoms with Crippen molar-refractivity contribution in [2.75, 3.05) is 5.32 Å². The second-order valence-corrected chi connectivity index (χ2v) is 7.16. The number of benzene rings is 2. The molecule has 0 aromatic heterocycles. The third-order valence-electron chi connectivity index (χ3n) is 3.69. The van der Waals surface area contributed by atoms with Gasteiger partial charge in [-0.1, -0.05) is 25.6 Å². The van der Waals surface area contributed by atoms with Crippen LogP contribution < -0.4 is 10.6 Å². The molecule has 0 aliphatic rings. The summed E-state index contributed by atoms with van der Waals surface area (Å²) in [5.41, 5.74) is 0.670. The summed E-state index contributed by atoms with van der Waals surface area (Å²) in [5.74, 6) is -4.11. The average molecular weight is 396 g/mol. The molecule has 2 rings (SSSR count). The average Bonchev–Trinajstić information content (AvgIpc) is 2.61. The third-order valence-corrected chi connectivity index (χ3v) is 4.41. The Morgan fingerprint density at radius 2 is 1.56 bits per heavy atom. The van der Waals surface area contributed by atoms with E-state index in [1.54, 1.807) is 13.8 Å². The van der Waals surface area contributed by atoms with Crippen LogP contribution in [0.3, 0.4) is 0 Å². The summed E-state index contributed by atoms with van der Waals surface area (Å²) >= 11 is 0.415. The highest BCUT2D eigenvalue weighted by molar-refractivity contribution is 7.99. The molecule has 0 aliphatic heterocycles. The van der Waals surface area contributed by atoms with Crippen molar-refractivity contribution in [1.82, 2.24) is 5.32 Å². The molecule has 0 heterocycles. The summed E-state index contributed by atoms with van der Waals surface area (Å²) in [6, 6.07) is 10.2. The van der Waals surface area contributed by atoms with Crippen molar-refractivity contribution in [2.45, 2.75) is 30.5 Å². The molecule has 4 nitrogen and oxygen atoms in total. The standard InChI is InChI=1S/C19H19F3N2O2S/c1-11(2)16(24-17(25)12-3-5-13(20)6-4-12)18(26)23-14-7-9-15(10-8-14)27-19(21)22/h3-11,16,19H,1-2H3,(H,23,26)(H,24,25). The molecular formula is C19H19F3N2O2S. The number of anilines is 1. The maximum Gasteiger partial charge on any atom is 0.288 e. The van der Waals surface area contributed by atoms with Crippen molar-refractivity contribution in [3.05, 3.63) is 59.9 Å². The van der Waals surface area contributed by atoms with Gasteiger partial charge in [0.05, 0.1) is 0 Å². The molecule has 27 heavy (non-hydrogen) atoms. The van der Waals surface area contributed by atoms with Gasteiger partial charge in [-0.25, -0.2) is 4.39 Å². The van der Waals surface area contributed by atoms with Crippen LogP contribution in [0.4, 0.5) is 18.9 Å². The molecule has 0 saturated carbocycles. The number of hydrogen-bond donors (Lipinski definition) is 2. The van der Waals surface area contributed by atoms with E-state index in [1.165, 1.54) is 48.5 Å². The second kappa shape index (κ2) is 9.45. The van der Waals surface area contributed by atoms with Gasteiger partial charge >= 0.3 is 0 Å². The van der Waals surface area contributed by atoms with E-state index in [0.717, 1.165) is 0 Å². The van der Waals surface area contributed by atoms with E-state index in [1.807, 2.05) is 0 Å². The van der Waals surface area contributed by atoms with E-state index in [9.17, 15) is 22.8 Å². The smallest absolute Gasteiger partial charge is 0.288 e. The van der Waals surface area contributed by atoms with Crippen LogP contribution in [0, 0.1) is 11.7 Å². The molecule has 0 saturated heterocycles. The van der Waals surface area contributed by atoms with Crippen LogP contribution in [0.5, 0.6) is 0 Å². The quantitative estimate of drug-likeness (QED) is 0.676. The van der Waals surface area contributed by atoms with Gasteiger partial charge in [0.15, 0.2) is 0 Å². The Hall–Kier alpha value is -2.48. The highest BCUT2D eigenvalue weighted by Gasteiger charge is 2.25. The predicted molar refractivity (Wildman–Crippen MR) is 99.4 cm³/mol. The van der Waals surface area contributed by atoms with Crippen molar-refractivity contribution in [3.63, 3.8) is 0 Å². The molecule has 2 amide bonds. The van der Waals surface area contributed by atoms with Gasteiger partial charge in [0.25, 0.3) is 11.7 Å². The van der Waals surface area contributed by atoms with E-state index >= 15 is 0 Å². The lowest BCUT2D eigenvalue weighted by Gasteiger charge is -2.22. The molecule has 2 aromatic carbocycles. The van der Waals surface area contributed by atoms with Crippen molar-refractivity contribution >= 4 is 29.3 Å². The Bertz CT molecular complexity index is 781. The highest BCUT2D eigenvalue weighted by Crippen LogP contribution is 2.26. The number of thioether (sulfide) groups is 1.